The van der Waals surface area contributed by atoms with Crippen LogP contribution < -0.4 is 5.32 Å². The summed E-state index contributed by atoms with van der Waals surface area (Å²) in [6.45, 7) is 0.785. The number of ether oxygens (including phenoxy) is 1. The Hall–Kier alpha value is -2.67. The number of pyridine rings is 1. The highest BCUT2D eigenvalue weighted by atomic mass is 32.2. The molecule has 0 aliphatic carbocycles. The van der Waals surface area contributed by atoms with Crippen molar-refractivity contribution in [3.05, 3.63) is 41.6 Å². The van der Waals surface area contributed by atoms with Crippen LogP contribution in [0.25, 0.3) is 10.9 Å². The van der Waals surface area contributed by atoms with Crippen LogP contribution in [-0.4, -0.2) is 64.2 Å². The average Bonchev–Trinajstić information content (AvgIpc) is 3.26. The molecule has 0 unspecified atom stereocenters. The van der Waals surface area contributed by atoms with Crippen LogP contribution in [0.5, 0.6) is 0 Å². The summed E-state index contributed by atoms with van der Waals surface area (Å²) in [5, 5.41) is 23.4. The molecule has 1 aromatic heterocycles. The number of carbonyl (C=O) groups is 2. The number of aliphatic hydroxyl groups is 1. The summed E-state index contributed by atoms with van der Waals surface area (Å²) in [5.74, 6) is 0.362. The van der Waals surface area contributed by atoms with Gasteiger partial charge in [0.2, 0.25) is 5.91 Å². The summed E-state index contributed by atoms with van der Waals surface area (Å²) in [5.41, 5.74) is 0.750. The van der Waals surface area contributed by atoms with Gasteiger partial charge in [0.05, 0.1) is 35.2 Å². The van der Waals surface area contributed by atoms with Crippen molar-refractivity contribution in [1.82, 2.24) is 15.2 Å². The fourth-order valence-electron chi connectivity index (χ4n) is 3.78. The molecule has 30 heavy (non-hydrogen) atoms. The monoisotopic (exact) mass is 426 g/mol. The van der Waals surface area contributed by atoms with Gasteiger partial charge in [0.15, 0.2) is 0 Å². The van der Waals surface area contributed by atoms with Crippen LogP contribution in [0.2, 0.25) is 0 Å². The van der Waals surface area contributed by atoms with Gasteiger partial charge in [-0.1, -0.05) is 6.07 Å². The van der Waals surface area contributed by atoms with Gasteiger partial charge in [0.25, 0.3) is 5.91 Å². The van der Waals surface area contributed by atoms with Gasteiger partial charge in [-0.3, -0.25) is 14.6 Å². The molecule has 2 fully saturated rings. The maximum Gasteiger partial charge on any atom is 0.252 e. The van der Waals surface area contributed by atoms with Gasteiger partial charge >= 0.3 is 0 Å². The Morgan fingerprint density at radius 2 is 2.17 bits per heavy atom. The van der Waals surface area contributed by atoms with Crippen molar-refractivity contribution in [2.24, 2.45) is 0 Å². The topological polar surface area (TPSA) is 116 Å². The lowest BCUT2D eigenvalue weighted by Gasteiger charge is -2.32. The first-order valence-electron chi connectivity index (χ1n) is 9.76. The van der Waals surface area contributed by atoms with Gasteiger partial charge in [0, 0.05) is 43.4 Å². The van der Waals surface area contributed by atoms with Crippen LogP contribution in [0, 0.1) is 11.3 Å². The molecule has 0 bridgehead atoms. The fourth-order valence-corrected chi connectivity index (χ4v) is 4.88. The predicted octanol–water partition coefficient (Wildman–Crippen LogP) is 1.39. The first kappa shape index (κ1) is 20.6. The second-order valence-electron chi connectivity index (χ2n) is 7.43. The SMILES string of the molecule is N#C[C@@H]1CSCN1C(=O)CNC(=O)c1ccnc2ccc(C3(O)CCOCC3)cc12. The van der Waals surface area contributed by atoms with E-state index < -0.39 is 17.6 Å². The number of amides is 2. The molecule has 2 amide bonds. The van der Waals surface area contributed by atoms with Crippen LogP contribution >= 0.6 is 11.8 Å². The minimum atomic E-state index is -0.994. The number of nitrogens with zero attached hydrogens (tertiary/aromatic N) is 3. The maximum atomic E-state index is 12.8. The van der Waals surface area contributed by atoms with E-state index in [9.17, 15) is 14.7 Å². The zero-order chi connectivity index (χ0) is 21.1. The Balaban J connectivity index is 1.54. The van der Waals surface area contributed by atoms with Gasteiger partial charge in [-0.2, -0.15) is 5.26 Å². The Morgan fingerprint density at radius 1 is 1.37 bits per heavy atom. The molecular weight excluding hydrogens is 404 g/mol. The summed E-state index contributed by atoms with van der Waals surface area (Å²) in [6, 6.07) is 8.68. The van der Waals surface area contributed by atoms with Crippen molar-refractivity contribution in [2.75, 3.05) is 31.4 Å². The molecule has 8 nitrogen and oxygen atoms in total. The van der Waals surface area contributed by atoms with Crippen LogP contribution in [0.15, 0.2) is 30.5 Å². The van der Waals surface area contributed by atoms with E-state index >= 15 is 0 Å². The summed E-state index contributed by atoms with van der Waals surface area (Å²) in [6.07, 6.45) is 2.52. The van der Waals surface area contributed by atoms with Gasteiger partial charge in [-0.25, -0.2) is 0 Å². The van der Waals surface area contributed by atoms with Crippen molar-refractivity contribution < 1.29 is 19.4 Å². The first-order chi connectivity index (χ1) is 14.5. The van der Waals surface area contributed by atoms with Crippen molar-refractivity contribution in [3.8, 4) is 6.07 Å². The molecule has 4 rings (SSSR count). The lowest BCUT2D eigenvalue weighted by Crippen LogP contribution is -2.42. The van der Waals surface area contributed by atoms with E-state index in [0.29, 0.717) is 54.2 Å². The number of benzene rings is 1. The number of hydrogen-bond acceptors (Lipinski definition) is 7. The van der Waals surface area contributed by atoms with E-state index in [0.717, 1.165) is 5.56 Å². The van der Waals surface area contributed by atoms with Crippen molar-refractivity contribution in [2.45, 2.75) is 24.5 Å². The molecular formula is C21H22N4O4S. The lowest BCUT2D eigenvalue weighted by atomic mass is 9.85. The van der Waals surface area contributed by atoms with Crippen molar-refractivity contribution >= 4 is 34.5 Å². The molecule has 2 aliphatic heterocycles. The molecule has 3 heterocycles. The molecule has 0 radical (unpaired) electrons. The van der Waals surface area contributed by atoms with Gasteiger partial charge in [0.1, 0.15) is 6.04 Å². The molecule has 0 saturated carbocycles. The van der Waals surface area contributed by atoms with E-state index in [2.05, 4.69) is 16.4 Å². The molecule has 2 aliphatic rings. The van der Waals surface area contributed by atoms with E-state index in [1.807, 2.05) is 6.07 Å². The quantitative estimate of drug-likeness (QED) is 0.759. The Morgan fingerprint density at radius 3 is 2.93 bits per heavy atom. The number of thioether (sulfide) groups is 1. The summed E-state index contributed by atoms with van der Waals surface area (Å²) >= 11 is 1.52. The summed E-state index contributed by atoms with van der Waals surface area (Å²) in [7, 11) is 0. The number of carbonyl (C=O) groups excluding carboxylic acids is 2. The number of nitrogens with one attached hydrogen (secondary N) is 1. The highest BCUT2D eigenvalue weighted by Gasteiger charge is 2.32. The third-order valence-corrected chi connectivity index (χ3v) is 6.61. The molecule has 1 atom stereocenters. The highest BCUT2D eigenvalue weighted by molar-refractivity contribution is 7.99. The standard InChI is InChI=1S/C21H22N4O4S/c22-10-15-12-30-13-25(15)19(26)11-24-20(27)16-3-6-23-18-2-1-14(9-17(16)18)21(28)4-7-29-8-5-21/h1-3,6,9,15,28H,4-5,7-8,11-13H2,(H,24,27)/t15-/m1/s1. The summed E-state index contributed by atoms with van der Waals surface area (Å²) in [4.78, 5) is 31.0. The number of nitriles is 1. The average molecular weight is 426 g/mol. The number of aromatic nitrogens is 1. The zero-order valence-corrected chi connectivity index (χ0v) is 17.2. The molecule has 1 aromatic carbocycles. The van der Waals surface area contributed by atoms with E-state index in [-0.39, 0.29) is 12.5 Å². The summed E-state index contributed by atoms with van der Waals surface area (Å²) < 4.78 is 5.35. The second-order valence-corrected chi connectivity index (χ2v) is 8.43. The predicted molar refractivity (Wildman–Crippen MR) is 112 cm³/mol. The highest BCUT2D eigenvalue weighted by Crippen LogP contribution is 2.34. The number of rotatable bonds is 4. The Kier molecular flexibility index (Phi) is 5.90. The molecule has 0 spiro atoms. The lowest BCUT2D eigenvalue weighted by molar-refractivity contribution is -0.129. The number of hydrogen-bond donors (Lipinski definition) is 2. The normalized spacial score (nSPS) is 20.7. The fraction of sp³-hybridized carbons (Fsp3) is 0.429. The minimum Gasteiger partial charge on any atom is -0.385 e. The van der Waals surface area contributed by atoms with E-state index in [1.165, 1.54) is 16.7 Å². The number of fused-ring (bicyclic) bond motifs is 1. The van der Waals surface area contributed by atoms with E-state index in [1.54, 1.807) is 24.4 Å². The Labute approximate surface area is 178 Å². The second kappa shape index (κ2) is 8.60. The van der Waals surface area contributed by atoms with Crippen LogP contribution in [0.3, 0.4) is 0 Å². The van der Waals surface area contributed by atoms with Crippen LogP contribution in [0.4, 0.5) is 0 Å². The van der Waals surface area contributed by atoms with Gasteiger partial charge in [-0.15, -0.1) is 11.8 Å². The smallest absolute Gasteiger partial charge is 0.252 e. The zero-order valence-electron chi connectivity index (χ0n) is 16.3. The Bertz CT molecular complexity index is 1020. The van der Waals surface area contributed by atoms with Gasteiger partial charge < -0.3 is 20.1 Å². The third-order valence-electron chi connectivity index (χ3n) is 5.60. The van der Waals surface area contributed by atoms with Gasteiger partial charge in [-0.05, 0) is 23.8 Å². The largest absolute Gasteiger partial charge is 0.385 e. The first-order valence-corrected chi connectivity index (χ1v) is 10.9. The molecule has 9 heteroatoms. The molecule has 2 aromatic rings. The van der Waals surface area contributed by atoms with Crippen LogP contribution in [0.1, 0.15) is 28.8 Å². The van der Waals surface area contributed by atoms with Crippen molar-refractivity contribution in [1.29, 1.82) is 5.26 Å². The minimum absolute atomic E-state index is 0.178. The molecule has 2 saturated heterocycles. The third kappa shape index (κ3) is 3.99. The van der Waals surface area contributed by atoms with Crippen LogP contribution in [-0.2, 0) is 15.1 Å². The molecule has 2 N–H and O–H groups in total. The van der Waals surface area contributed by atoms with Crippen molar-refractivity contribution in [3.63, 3.8) is 0 Å². The molecule has 156 valence electrons. The maximum absolute atomic E-state index is 12.8. The van der Waals surface area contributed by atoms with E-state index in [4.69, 9.17) is 10.00 Å².